The summed E-state index contributed by atoms with van der Waals surface area (Å²) in [5.74, 6) is 0.139. The van der Waals surface area contributed by atoms with Crippen LogP contribution >= 0.6 is 0 Å². The molecule has 0 heterocycles. The van der Waals surface area contributed by atoms with Crippen LogP contribution in [0.25, 0.3) is 0 Å². The molecule has 0 saturated carbocycles. The van der Waals surface area contributed by atoms with Crippen molar-refractivity contribution in [3.05, 3.63) is 23.8 Å². The number of carbonyl (C=O) groups is 1. The predicted octanol–water partition coefficient (Wildman–Crippen LogP) is 5.98. The Morgan fingerprint density at radius 2 is 1.37 bits per heavy atom. The zero-order valence-corrected chi connectivity index (χ0v) is 17.0. The van der Waals surface area contributed by atoms with Gasteiger partial charge < -0.3 is 15.3 Å². The summed E-state index contributed by atoms with van der Waals surface area (Å²) in [5.41, 5.74) is 0.221. The van der Waals surface area contributed by atoms with Gasteiger partial charge in [0.05, 0.1) is 5.56 Å². The molecule has 1 atom stereocenters. The van der Waals surface area contributed by atoms with Crippen LogP contribution in [0.15, 0.2) is 18.2 Å². The molecule has 0 fully saturated rings. The molecule has 0 bridgehead atoms. The maximum absolute atomic E-state index is 12.3. The molecular formula is C23H38O4. The average Bonchev–Trinajstić information content (AvgIpc) is 2.64. The highest BCUT2D eigenvalue weighted by molar-refractivity contribution is 5.99. The highest BCUT2D eigenvalue weighted by Crippen LogP contribution is 2.25. The molecule has 27 heavy (non-hydrogen) atoms. The fourth-order valence-corrected chi connectivity index (χ4v) is 3.47. The van der Waals surface area contributed by atoms with Gasteiger partial charge in [0.1, 0.15) is 11.5 Å². The van der Waals surface area contributed by atoms with E-state index in [2.05, 4.69) is 6.92 Å². The highest BCUT2D eigenvalue weighted by Gasteiger charge is 2.15. The maximum atomic E-state index is 12.3. The van der Waals surface area contributed by atoms with E-state index in [1.165, 1.54) is 69.6 Å². The lowest BCUT2D eigenvalue weighted by Gasteiger charge is -2.11. The number of aliphatic hydroxyl groups excluding tert-OH is 1. The van der Waals surface area contributed by atoms with Crippen molar-refractivity contribution in [2.75, 3.05) is 6.61 Å². The fraction of sp³-hybridized carbons (Fsp3) is 0.696. The molecule has 0 saturated heterocycles. The van der Waals surface area contributed by atoms with Crippen LogP contribution in [0.3, 0.4) is 0 Å². The van der Waals surface area contributed by atoms with Gasteiger partial charge in [-0.05, 0) is 30.5 Å². The van der Waals surface area contributed by atoms with Crippen LogP contribution in [-0.4, -0.2) is 27.7 Å². The van der Waals surface area contributed by atoms with Crippen molar-refractivity contribution in [3.8, 4) is 11.5 Å². The molecule has 0 aliphatic carbocycles. The molecule has 0 amide bonds. The van der Waals surface area contributed by atoms with Crippen LogP contribution in [0, 0.1) is 5.92 Å². The standard InChI is InChI=1S/C23H38O4/c1-19(17-23(27)21-18-20(25)14-15-22(21)26)13-11-9-7-5-3-2-4-6-8-10-12-16-24/h14-15,18-19,24-26H,2-13,16-17H2,1H3. The number of aliphatic hydroxyl groups is 1. The normalized spacial score (nSPS) is 12.2. The van der Waals surface area contributed by atoms with E-state index in [0.29, 0.717) is 13.0 Å². The van der Waals surface area contributed by atoms with Crippen LogP contribution in [0.2, 0.25) is 0 Å². The van der Waals surface area contributed by atoms with Gasteiger partial charge in [0.2, 0.25) is 0 Å². The Hall–Kier alpha value is -1.55. The van der Waals surface area contributed by atoms with E-state index in [0.717, 1.165) is 25.7 Å². The minimum Gasteiger partial charge on any atom is -0.508 e. The number of unbranched alkanes of at least 4 members (excludes halogenated alkanes) is 10. The monoisotopic (exact) mass is 378 g/mol. The zero-order chi connectivity index (χ0) is 19.9. The van der Waals surface area contributed by atoms with Gasteiger partial charge in [0.15, 0.2) is 5.78 Å². The summed E-state index contributed by atoms with van der Waals surface area (Å²) >= 11 is 0. The first-order valence-electron chi connectivity index (χ1n) is 10.7. The highest BCUT2D eigenvalue weighted by atomic mass is 16.3. The fourth-order valence-electron chi connectivity index (χ4n) is 3.47. The van der Waals surface area contributed by atoms with Crippen LogP contribution < -0.4 is 0 Å². The Kier molecular flexibility index (Phi) is 12.6. The first-order valence-corrected chi connectivity index (χ1v) is 10.7. The third kappa shape index (κ3) is 11.0. The summed E-state index contributed by atoms with van der Waals surface area (Å²) in [4.78, 5) is 12.3. The van der Waals surface area contributed by atoms with E-state index in [9.17, 15) is 15.0 Å². The molecule has 3 N–H and O–H groups in total. The molecule has 0 aliphatic heterocycles. The van der Waals surface area contributed by atoms with E-state index >= 15 is 0 Å². The molecular weight excluding hydrogens is 340 g/mol. The van der Waals surface area contributed by atoms with Gasteiger partial charge in [-0.3, -0.25) is 4.79 Å². The van der Waals surface area contributed by atoms with Crippen molar-refractivity contribution in [2.45, 2.75) is 90.4 Å². The van der Waals surface area contributed by atoms with Crippen LogP contribution in [0.5, 0.6) is 11.5 Å². The van der Waals surface area contributed by atoms with Crippen LogP contribution in [-0.2, 0) is 0 Å². The summed E-state index contributed by atoms with van der Waals surface area (Å²) in [6, 6.07) is 4.09. The first kappa shape index (κ1) is 23.5. The summed E-state index contributed by atoms with van der Waals surface area (Å²) in [5, 5.41) is 28.0. The maximum Gasteiger partial charge on any atom is 0.166 e. The summed E-state index contributed by atoms with van der Waals surface area (Å²) in [7, 11) is 0. The number of aromatic hydroxyl groups is 2. The molecule has 4 nitrogen and oxygen atoms in total. The Labute approximate surface area is 164 Å². The van der Waals surface area contributed by atoms with Crippen molar-refractivity contribution >= 4 is 5.78 Å². The van der Waals surface area contributed by atoms with Crippen LogP contribution in [0.1, 0.15) is 101 Å². The third-order valence-corrected chi connectivity index (χ3v) is 5.17. The molecule has 0 aromatic heterocycles. The lowest BCUT2D eigenvalue weighted by atomic mass is 9.94. The van der Waals surface area contributed by atoms with Gasteiger partial charge in [-0.2, -0.15) is 0 Å². The second-order valence-corrected chi connectivity index (χ2v) is 7.84. The lowest BCUT2D eigenvalue weighted by Crippen LogP contribution is -2.06. The molecule has 0 aliphatic rings. The number of benzene rings is 1. The number of phenolic OH excluding ortho intramolecular Hbond substituents is 2. The quantitative estimate of drug-likeness (QED) is 0.188. The van der Waals surface area contributed by atoms with Crippen molar-refractivity contribution in [3.63, 3.8) is 0 Å². The summed E-state index contributed by atoms with van der Waals surface area (Å²) in [6.07, 6.45) is 14.9. The van der Waals surface area contributed by atoms with E-state index in [-0.39, 0.29) is 28.8 Å². The summed E-state index contributed by atoms with van der Waals surface area (Å²) in [6.45, 7) is 2.40. The van der Waals surface area contributed by atoms with Gasteiger partial charge in [-0.25, -0.2) is 0 Å². The van der Waals surface area contributed by atoms with E-state index in [1.54, 1.807) is 0 Å². The van der Waals surface area contributed by atoms with Gasteiger partial charge in [0.25, 0.3) is 0 Å². The largest absolute Gasteiger partial charge is 0.508 e. The van der Waals surface area contributed by atoms with Crippen LogP contribution in [0.4, 0.5) is 0 Å². The Morgan fingerprint density at radius 3 is 1.93 bits per heavy atom. The van der Waals surface area contributed by atoms with Crippen molar-refractivity contribution in [2.24, 2.45) is 5.92 Å². The Balaban J connectivity index is 2.02. The van der Waals surface area contributed by atoms with Gasteiger partial charge >= 0.3 is 0 Å². The predicted molar refractivity (Wildman–Crippen MR) is 110 cm³/mol. The van der Waals surface area contributed by atoms with Gasteiger partial charge in [-0.1, -0.05) is 77.6 Å². The topological polar surface area (TPSA) is 77.8 Å². The lowest BCUT2D eigenvalue weighted by molar-refractivity contribution is 0.0959. The SMILES string of the molecule is CC(CCCCCCCCCCCCCO)CC(=O)c1cc(O)ccc1O. The summed E-state index contributed by atoms with van der Waals surface area (Å²) < 4.78 is 0. The van der Waals surface area contributed by atoms with E-state index in [4.69, 9.17) is 5.11 Å². The Bertz CT molecular complexity index is 527. The number of rotatable bonds is 16. The van der Waals surface area contributed by atoms with Crippen molar-refractivity contribution in [1.82, 2.24) is 0 Å². The molecule has 1 rings (SSSR count). The Morgan fingerprint density at radius 1 is 0.852 bits per heavy atom. The smallest absolute Gasteiger partial charge is 0.166 e. The molecule has 0 radical (unpaired) electrons. The molecule has 1 unspecified atom stereocenters. The number of hydrogen-bond donors (Lipinski definition) is 3. The molecule has 0 spiro atoms. The minimum absolute atomic E-state index is 0.00830. The average molecular weight is 379 g/mol. The van der Waals surface area contributed by atoms with E-state index in [1.807, 2.05) is 0 Å². The zero-order valence-electron chi connectivity index (χ0n) is 17.0. The van der Waals surface area contributed by atoms with Gasteiger partial charge in [-0.15, -0.1) is 0 Å². The molecule has 4 heteroatoms. The second-order valence-electron chi connectivity index (χ2n) is 7.84. The molecule has 1 aromatic rings. The van der Waals surface area contributed by atoms with Crippen molar-refractivity contribution in [1.29, 1.82) is 0 Å². The number of carbonyl (C=O) groups excluding carboxylic acids is 1. The van der Waals surface area contributed by atoms with Gasteiger partial charge in [0, 0.05) is 13.0 Å². The number of phenols is 2. The van der Waals surface area contributed by atoms with E-state index < -0.39 is 0 Å². The first-order chi connectivity index (χ1) is 13.0. The number of hydrogen-bond acceptors (Lipinski definition) is 4. The van der Waals surface area contributed by atoms with Crippen molar-refractivity contribution < 1.29 is 20.1 Å². The third-order valence-electron chi connectivity index (χ3n) is 5.17. The second kappa shape index (κ2) is 14.5. The molecule has 1 aromatic carbocycles. The minimum atomic E-state index is -0.102. The number of Topliss-reactive ketones (excluding diaryl/α,β-unsaturated/α-hetero) is 1. The molecule has 154 valence electrons. The number of ketones is 1.